The number of rotatable bonds is 4. The Labute approximate surface area is 90.2 Å². The van der Waals surface area contributed by atoms with Gasteiger partial charge in [0.05, 0.1) is 13.2 Å². The summed E-state index contributed by atoms with van der Waals surface area (Å²) >= 11 is 0. The topological polar surface area (TPSA) is 49.8 Å². The molecule has 0 aromatic heterocycles. The molecule has 2 fully saturated rings. The molecule has 0 amide bonds. The fourth-order valence-corrected chi connectivity index (χ4v) is 2.58. The van der Waals surface area contributed by atoms with E-state index in [4.69, 9.17) is 9.84 Å². The van der Waals surface area contributed by atoms with E-state index in [1.807, 2.05) is 7.05 Å². The number of hydrogen-bond donors (Lipinski definition) is 1. The van der Waals surface area contributed by atoms with Crippen molar-refractivity contribution in [3.05, 3.63) is 0 Å². The largest absolute Gasteiger partial charge is 0.481 e. The van der Waals surface area contributed by atoms with E-state index in [1.165, 1.54) is 25.7 Å². The summed E-state index contributed by atoms with van der Waals surface area (Å²) in [7, 11) is 2.04. The molecule has 1 N–H and O–H groups in total. The van der Waals surface area contributed by atoms with Crippen LogP contribution >= 0.6 is 0 Å². The van der Waals surface area contributed by atoms with Crippen LogP contribution < -0.4 is 0 Å². The first-order valence-corrected chi connectivity index (χ1v) is 5.65. The van der Waals surface area contributed by atoms with E-state index in [1.54, 1.807) is 0 Å². The van der Waals surface area contributed by atoms with Gasteiger partial charge in [0, 0.05) is 12.6 Å². The third kappa shape index (κ3) is 2.01. The van der Waals surface area contributed by atoms with Gasteiger partial charge in [0.15, 0.2) is 0 Å². The summed E-state index contributed by atoms with van der Waals surface area (Å²) in [5.41, 5.74) is -0.628. The van der Waals surface area contributed by atoms with Crippen molar-refractivity contribution in [2.45, 2.75) is 31.7 Å². The molecule has 2 rings (SSSR count). The third-order valence-corrected chi connectivity index (χ3v) is 3.71. The number of ether oxygens (including phenoxy) is 1. The zero-order chi connectivity index (χ0) is 10.9. The van der Waals surface area contributed by atoms with E-state index in [0.29, 0.717) is 25.8 Å². The number of carboxylic acids is 1. The lowest BCUT2D eigenvalue weighted by Gasteiger charge is -2.41. The van der Waals surface area contributed by atoms with Crippen molar-refractivity contribution in [1.82, 2.24) is 4.90 Å². The number of carbonyl (C=O) groups is 1. The van der Waals surface area contributed by atoms with Crippen molar-refractivity contribution in [2.24, 2.45) is 5.41 Å². The summed E-state index contributed by atoms with van der Waals surface area (Å²) in [4.78, 5) is 13.4. The van der Waals surface area contributed by atoms with Gasteiger partial charge in [0.2, 0.25) is 0 Å². The standard InChI is InChI=1S/C11H19NO3/c1-12(9-4-2-3-5-9)6-11(10(13)14)7-15-8-11/h9H,2-8H2,1H3,(H,13,14). The maximum Gasteiger partial charge on any atom is 0.315 e. The summed E-state index contributed by atoms with van der Waals surface area (Å²) in [6.45, 7) is 1.38. The van der Waals surface area contributed by atoms with E-state index >= 15 is 0 Å². The van der Waals surface area contributed by atoms with Crippen LogP contribution in [-0.2, 0) is 9.53 Å². The normalized spacial score (nSPS) is 25.5. The van der Waals surface area contributed by atoms with Gasteiger partial charge in [-0.1, -0.05) is 12.8 Å². The highest BCUT2D eigenvalue weighted by Gasteiger charge is 2.47. The molecule has 1 aliphatic heterocycles. The van der Waals surface area contributed by atoms with Crippen molar-refractivity contribution >= 4 is 5.97 Å². The van der Waals surface area contributed by atoms with E-state index in [2.05, 4.69) is 4.90 Å². The monoisotopic (exact) mass is 213 g/mol. The quantitative estimate of drug-likeness (QED) is 0.755. The van der Waals surface area contributed by atoms with Crippen LogP contribution in [0.15, 0.2) is 0 Å². The maximum absolute atomic E-state index is 11.1. The molecule has 4 heteroatoms. The molecule has 0 aromatic rings. The lowest BCUT2D eigenvalue weighted by Crippen LogP contribution is -2.56. The van der Waals surface area contributed by atoms with E-state index in [9.17, 15) is 4.79 Å². The van der Waals surface area contributed by atoms with Gasteiger partial charge in [-0.3, -0.25) is 4.79 Å². The van der Waals surface area contributed by atoms with Gasteiger partial charge in [-0.15, -0.1) is 0 Å². The van der Waals surface area contributed by atoms with Gasteiger partial charge in [-0.05, 0) is 19.9 Å². The van der Waals surface area contributed by atoms with Crippen LogP contribution in [0.3, 0.4) is 0 Å². The second kappa shape index (κ2) is 4.10. The first-order chi connectivity index (χ1) is 7.14. The Bertz CT molecular complexity index is 244. The molecule has 0 atom stereocenters. The first kappa shape index (κ1) is 10.9. The number of aliphatic carboxylic acids is 1. The molecule has 1 aliphatic carbocycles. The van der Waals surface area contributed by atoms with E-state index < -0.39 is 11.4 Å². The van der Waals surface area contributed by atoms with Gasteiger partial charge >= 0.3 is 5.97 Å². The van der Waals surface area contributed by atoms with Crippen molar-refractivity contribution in [2.75, 3.05) is 26.8 Å². The summed E-state index contributed by atoms with van der Waals surface area (Å²) in [6.07, 6.45) is 5.00. The summed E-state index contributed by atoms with van der Waals surface area (Å²) in [5.74, 6) is -0.710. The maximum atomic E-state index is 11.1. The first-order valence-electron chi connectivity index (χ1n) is 5.65. The van der Waals surface area contributed by atoms with E-state index in [0.717, 1.165) is 0 Å². The molecule has 0 radical (unpaired) electrons. The minimum atomic E-state index is -0.710. The molecule has 0 spiro atoms. The molecule has 2 aliphatic rings. The van der Waals surface area contributed by atoms with Gasteiger partial charge in [0.25, 0.3) is 0 Å². The minimum absolute atomic E-state index is 0.374. The van der Waals surface area contributed by atoms with Crippen LogP contribution in [0.1, 0.15) is 25.7 Å². The molecule has 0 bridgehead atoms. The highest BCUT2D eigenvalue weighted by Crippen LogP contribution is 2.31. The molecule has 4 nitrogen and oxygen atoms in total. The average Bonchev–Trinajstić information content (AvgIpc) is 2.62. The van der Waals surface area contributed by atoms with Gasteiger partial charge in [-0.2, -0.15) is 0 Å². The summed E-state index contributed by atoms with van der Waals surface area (Å²) in [5, 5.41) is 9.17. The van der Waals surface area contributed by atoms with Crippen molar-refractivity contribution < 1.29 is 14.6 Å². The lowest BCUT2D eigenvalue weighted by molar-refractivity contribution is -0.183. The Morgan fingerprint density at radius 3 is 2.47 bits per heavy atom. The zero-order valence-electron chi connectivity index (χ0n) is 9.24. The molecule has 0 unspecified atom stereocenters. The Morgan fingerprint density at radius 2 is 2.07 bits per heavy atom. The Morgan fingerprint density at radius 1 is 1.47 bits per heavy atom. The average molecular weight is 213 g/mol. The Hall–Kier alpha value is -0.610. The minimum Gasteiger partial charge on any atom is -0.481 e. The van der Waals surface area contributed by atoms with Crippen LogP contribution in [0.5, 0.6) is 0 Å². The zero-order valence-corrected chi connectivity index (χ0v) is 9.24. The molecule has 1 saturated carbocycles. The van der Waals surface area contributed by atoms with Crippen LogP contribution in [0.4, 0.5) is 0 Å². The molecular weight excluding hydrogens is 194 g/mol. The van der Waals surface area contributed by atoms with Crippen LogP contribution in [0.25, 0.3) is 0 Å². The molecular formula is C11H19NO3. The van der Waals surface area contributed by atoms with Crippen molar-refractivity contribution in [3.8, 4) is 0 Å². The fraction of sp³-hybridized carbons (Fsp3) is 0.909. The van der Waals surface area contributed by atoms with Crippen molar-refractivity contribution in [3.63, 3.8) is 0 Å². The number of carboxylic acid groups (broad SMARTS) is 1. The van der Waals surface area contributed by atoms with Crippen LogP contribution in [-0.4, -0.2) is 48.8 Å². The van der Waals surface area contributed by atoms with Gasteiger partial charge in [0.1, 0.15) is 5.41 Å². The Kier molecular flexibility index (Phi) is 2.98. The van der Waals surface area contributed by atoms with Crippen LogP contribution in [0, 0.1) is 5.41 Å². The van der Waals surface area contributed by atoms with Gasteiger partial charge in [-0.25, -0.2) is 0 Å². The summed E-state index contributed by atoms with van der Waals surface area (Å²) < 4.78 is 5.06. The predicted molar refractivity (Wildman–Crippen MR) is 55.8 cm³/mol. The second-order valence-corrected chi connectivity index (χ2v) is 4.93. The Balaban J connectivity index is 1.91. The third-order valence-electron chi connectivity index (χ3n) is 3.71. The molecule has 1 saturated heterocycles. The summed E-state index contributed by atoms with van der Waals surface area (Å²) in [6, 6.07) is 0.585. The second-order valence-electron chi connectivity index (χ2n) is 4.93. The SMILES string of the molecule is CN(CC1(C(=O)O)COC1)C1CCCC1. The van der Waals surface area contributed by atoms with E-state index in [-0.39, 0.29) is 0 Å². The highest BCUT2D eigenvalue weighted by atomic mass is 16.5. The number of nitrogens with zero attached hydrogens (tertiary/aromatic N) is 1. The lowest BCUT2D eigenvalue weighted by atomic mass is 9.85. The molecule has 0 aromatic carbocycles. The highest BCUT2D eigenvalue weighted by molar-refractivity contribution is 5.76. The fourth-order valence-electron chi connectivity index (χ4n) is 2.58. The molecule has 1 heterocycles. The van der Waals surface area contributed by atoms with Gasteiger partial charge < -0.3 is 14.7 Å². The molecule has 15 heavy (non-hydrogen) atoms. The molecule has 86 valence electrons. The van der Waals surface area contributed by atoms with Crippen molar-refractivity contribution in [1.29, 1.82) is 0 Å². The van der Waals surface area contributed by atoms with Crippen LogP contribution in [0.2, 0.25) is 0 Å². The predicted octanol–water partition coefficient (Wildman–Crippen LogP) is 0.962. The smallest absolute Gasteiger partial charge is 0.315 e. The number of hydrogen-bond acceptors (Lipinski definition) is 3.